The van der Waals surface area contributed by atoms with Crippen LogP contribution in [-0.4, -0.2) is 34.9 Å². The number of hydrogen-bond donors (Lipinski definition) is 2. The molecule has 5 nitrogen and oxygen atoms in total. The number of carbonyl (C=O) groups excluding carboxylic acids is 1. The zero-order chi connectivity index (χ0) is 10.3. The van der Waals surface area contributed by atoms with E-state index in [0.717, 1.165) is 6.42 Å². The SMILES string of the molecule is CCCC(=O)N(CC)CC(N)=NO. The number of rotatable bonds is 5. The van der Waals surface area contributed by atoms with E-state index < -0.39 is 0 Å². The number of oxime groups is 1. The topological polar surface area (TPSA) is 78.9 Å². The van der Waals surface area contributed by atoms with Crippen molar-refractivity contribution in [3.63, 3.8) is 0 Å². The minimum absolute atomic E-state index is 0.0385. The van der Waals surface area contributed by atoms with Crippen LogP contribution < -0.4 is 5.73 Å². The van der Waals surface area contributed by atoms with Crippen molar-refractivity contribution >= 4 is 11.7 Å². The van der Waals surface area contributed by atoms with Crippen molar-refractivity contribution in [1.29, 1.82) is 0 Å². The molecule has 0 rings (SSSR count). The van der Waals surface area contributed by atoms with Gasteiger partial charge in [-0.2, -0.15) is 0 Å². The summed E-state index contributed by atoms with van der Waals surface area (Å²) in [6.07, 6.45) is 1.32. The highest BCUT2D eigenvalue weighted by atomic mass is 16.4. The van der Waals surface area contributed by atoms with E-state index in [4.69, 9.17) is 10.9 Å². The molecule has 76 valence electrons. The first-order valence-electron chi connectivity index (χ1n) is 4.39. The fourth-order valence-corrected chi connectivity index (χ4v) is 0.975. The molecule has 0 saturated carbocycles. The molecule has 0 aliphatic rings. The molecule has 0 unspecified atom stereocenters. The summed E-state index contributed by atoms with van der Waals surface area (Å²) in [4.78, 5) is 12.9. The van der Waals surface area contributed by atoms with Gasteiger partial charge in [-0.15, -0.1) is 0 Å². The van der Waals surface area contributed by atoms with Gasteiger partial charge in [-0.25, -0.2) is 0 Å². The smallest absolute Gasteiger partial charge is 0.222 e. The Morgan fingerprint density at radius 1 is 1.54 bits per heavy atom. The van der Waals surface area contributed by atoms with E-state index in [1.54, 1.807) is 4.90 Å². The number of amidine groups is 1. The van der Waals surface area contributed by atoms with Gasteiger partial charge in [0.15, 0.2) is 5.84 Å². The number of hydrogen-bond acceptors (Lipinski definition) is 3. The minimum atomic E-state index is 0.0385. The third-order valence-electron chi connectivity index (χ3n) is 1.68. The molecule has 0 heterocycles. The second-order valence-corrected chi connectivity index (χ2v) is 2.75. The number of nitrogens with two attached hydrogens (primary N) is 1. The Kier molecular flexibility index (Phi) is 5.67. The molecule has 0 fully saturated rings. The lowest BCUT2D eigenvalue weighted by Crippen LogP contribution is -2.38. The third-order valence-corrected chi connectivity index (χ3v) is 1.68. The first-order valence-corrected chi connectivity index (χ1v) is 4.39. The van der Waals surface area contributed by atoms with Crippen molar-refractivity contribution in [2.24, 2.45) is 10.9 Å². The summed E-state index contributed by atoms with van der Waals surface area (Å²) < 4.78 is 0. The molecule has 0 bridgehead atoms. The van der Waals surface area contributed by atoms with Gasteiger partial charge in [-0.1, -0.05) is 12.1 Å². The number of likely N-dealkylation sites (N-methyl/N-ethyl adjacent to an activating group) is 1. The molecule has 0 spiro atoms. The van der Waals surface area contributed by atoms with Gasteiger partial charge in [0, 0.05) is 13.0 Å². The summed E-state index contributed by atoms with van der Waals surface area (Å²) in [5.74, 6) is 0.0999. The first kappa shape index (κ1) is 11.7. The normalized spacial score (nSPS) is 11.4. The number of nitrogens with zero attached hydrogens (tertiary/aromatic N) is 2. The summed E-state index contributed by atoms with van der Waals surface area (Å²) in [5.41, 5.74) is 5.29. The largest absolute Gasteiger partial charge is 0.409 e. The molecule has 5 heteroatoms. The zero-order valence-corrected chi connectivity index (χ0v) is 8.16. The second kappa shape index (κ2) is 6.28. The lowest BCUT2D eigenvalue weighted by molar-refractivity contribution is -0.130. The second-order valence-electron chi connectivity index (χ2n) is 2.75. The van der Waals surface area contributed by atoms with Crippen LogP contribution >= 0.6 is 0 Å². The van der Waals surface area contributed by atoms with Crippen molar-refractivity contribution in [2.75, 3.05) is 13.1 Å². The van der Waals surface area contributed by atoms with Crippen molar-refractivity contribution in [2.45, 2.75) is 26.7 Å². The predicted molar refractivity (Wildman–Crippen MR) is 50.6 cm³/mol. The lowest BCUT2D eigenvalue weighted by atomic mass is 10.3. The maximum absolute atomic E-state index is 11.4. The highest BCUT2D eigenvalue weighted by Gasteiger charge is 2.11. The van der Waals surface area contributed by atoms with Crippen LogP contribution in [-0.2, 0) is 4.79 Å². The predicted octanol–water partition coefficient (Wildman–Crippen LogP) is 0.381. The van der Waals surface area contributed by atoms with E-state index in [0.29, 0.717) is 13.0 Å². The quantitative estimate of drug-likeness (QED) is 0.283. The summed E-state index contributed by atoms with van der Waals surface area (Å²) >= 11 is 0. The van der Waals surface area contributed by atoms with Crippen LogP contribution in [0, 0.1) is 0 Å². The Hall–Kier alpha value is -1.26. The van der Waals surface area contributed by atoms with Gasteiger partial charge >= 0.3 is 0 Å². The van der Waals surface area contributed by atoms with E-state index >= 15 is 0 Å². The Bertz CT molecular complexity index is 192. The van der Waals surface area contributed by atoms with Gasteiger partial charge in [0.05, 0.1) is 6.54 Å². The Balaban J connectivity index is 4.09. The Morgan fingerprint density at radius 3 is 2.54 bits per heavy atom. The van der Waals surface area contributed by atoms with Crippen molar-refractivity contribution in [3.05, 3.63) is 0 Å². The summed E-state index contributed by atoms with van der Waals surface area (Å²) in [5, 5.41) is 11.1. The Labute approximate surface area is 78.2 Å². The lowest BCUT2D eigenvalue weighted by Gasteiger charge is -2.19. The third kappa shape index (κ3) is 4.35. The van der Waals surface area contributed by atoms with Gasteiger partial charge in [-0.3, -0.25) is 4.79 Å². The van der Waals surface area contributed by atoms with Crippen LogP contribution in [0.3, 0.4) is 0 Å². The minimum Gasteiger partial charge on any atom is -0.409 e. The summed E-state index contributed by atoms with van der Waals surface area (Å²) in [6, 6.07) is 0. The zero-order valence-electron chi connectivity index (χ0n) is 8.16. The van der Waals surface area contributed by atoms with Crippen LogP contribution in [0.2, 0.25) is 0 Å². The monoisotopic (exact) mass is 187 g/mol. The molecular formula is C8H17N3O2. The average molecular weight is 187 g/mol. The molecule has 0 aliphatic heterocycles. The van der Waals surface area contributed by atoms with Gasteiger partial charge in [0.2, 0.25) is 5.91 Å². The maximum atomic E-state index is 11.4. The highest BCUT2D eigenvalue weighted by molar-refractivity contribution is 5.86. The molecule has 0 atom stereocenters. The van der Waals surface area contributed by atoms with Crippen molar-refractivity contribution in [3.8, 4) is 0 Å². The Morgan fingerprint density at radius 2 is 2.15 bits per heavy atom. The average Bonchev–Trinajstić information content (AvgIpc) is 2.14. The molecule has 0 aliphatic carbocycles. The van der Waals surface area contributed by atoms with E-state index in [-0.39, 0.29) is 18.3 Å². The fraction of sp³-hybridized carbons (Fsp3) is 0.750. The van der Waals surface area contributed by atoms with E-state index in [1.165, 1.54) is 0 Å². The molecule has 13 heavy (non-hydrogen) atoms. The van der Waals surface area contributed by atoms with Crippen LogP contribution in [0.25, 0.3) is 0 Å². The highest BCUT2D eigenvalue weighted by Crippen LogP contribution is 1.96. The van der Waals surface area contributed by atoms with Gasteiger partial charge in [0.25, 0.3) is 0 Å². The van der Waals surface area contributed by atoms with Crippen LogP contribution in [0.5, 0.6) is 0 Å². The number of carbonyl (C=O) groups is 1. The fourth-order valence-electron chi connectivity index (χ4n) is 0.975. The molecular weight excluding hydrogens is 170 g/mol. The van der Waals surface area contributed by atoms with Crippen LogP contribution in [0.15, 0.2) is 5.16 Å². The first-order chi connectivity index (χ1) is 6.15. The van der Waals surface area contributed by atoms with Crippen LogP contribution in [0.4, 0.5) is 0 Å². The molecule has 3 N–H and O–H groups in total. The van der Waals surface area contributed by atoms with Crippen LogP contribution in [0.1, 0.15) is 26.7 Å². The molecule has 1 amide bonds. The van der Waals surface area contributed by atoms with Gasteiger partial charge in [-0.05, 0) is 13.3 Å². The van der Waals surface area contributed by atoms with Gasteiger partial charge < -0.3 is 15.8 Å². The van der Waals surface area contributed by atoms with Crippen molar-refractivity contribution in [1.82, 2.24) is 4.90 Å². The van der Waals surface area contributed by atoms with E-state index in [1.807, 2.05) is 13.8 Å². The van der Waals surface area contributed by atoms with Crippen molar-refractivity contribution < 1.29 is 10.0 Å². The summed E-state index contributed by atoms with van der Waals surface area (Å²) in [7, 11) is 0. The van der Waals surface area contributed by atoms with E-state index in [2.05, 4.69) is 5.16 Å². The van der Waals surface area contributed by atoms with Gasteiger partial charge in [0.1, 0.15) is 0 Å². The maximum Gasteiger partial charge on any atom is 0.222 e. The molecule has 0 aromatic carbocycles. The molecule has 0 aromatic heterocycles. The molecule has 0 radical (unpaired) electrons. The summed E-state index contributed by atoms with van der Waals surface area (Å²) in [6.45, 7) is 4.58. The molecule has 0 saturated heterocycles. The number of amides is 1. The van der Waals surface area contributed by atoms with E-state index in [9.17, 15) is 4.79 Å². The standard InChI is InChI=1S/C8H17N3O2/c1-3-5-8(12)11(4-2)6-7(9)10-13/h13H,3-6H2,1-2H3,(H2,9,10). The molecule has 0 aromatic rings.